The van der Waals surface area contributed by atoms with Gasteiger partial charge in [-0.25, -0.2) is 0 Å². The Hall–Kier alpha value is -0.0800. The molecule has 0 atom stereocenters. The Labute approximate surface area is 70.8 Å². The molecule has 11 heavy (non-hydrogen) atoms. The van der Waals surface area contributed by atoms with Gasteiger partial charge in [-0.15, -0.1) is 0 Å². The molecule has 0 amide bonds. The fraction of sp³-hybridized carbons (Fsp3) is 1.00. The predicted molar refractivity (Wildman–Crippen MR) is 50.6 cm³/mol. The first-order valence-electron chi connectivity index (χ1n) is 4.36. The lowest BCUT2D eigenvalue weighted by Crippen LogP contribution is -2.48. The molecule has 0 aromatic carbocycles. The molecule has 2 nitrogen and oxygen atoms in total. The fourth-order valence-corrected chi connectivity index (χ4v) is 1.51. The van der Waals surface area contributed by atoms with Crippen molar-refractivity contribution >= 4 is 0 Å². The van der Waals surface area contributed by atoms with Crippen molar-refractivity contribution in [2.45, 2.75) is 46.2 Å². The number of nitrogens with zero attached hydrogens (tertiary/aromatic N) is 1. The Morgan fingerprint density at radius 3 is 1.82 bits per heavy atom. The molecule has 2 heteroatoms. The molecular formula is C9H22N2. The normalized spacial score (nSPS) is 13.1. The number of nitrogens with two attached hydrogens (primary N) is 1. The molecule has 0 heterocycles. The van der Waals surface area contributed by atoms with Crippen LogP contribution in [0.5, 0.6) is 0 Å². The minimum absolute atomic E-state index is 0.244. The zero-order valence-corrected chi connectivity index (χ0v) is 8.52. The smallest absolute Gasteiger partial charge is 0.0128 e. The van der Waals surface area contributed by atoms with Gasteiger partial charge >= 0.3 is 0 Å². The lowest BCUT2D eigenvalue weighted by atomic mass is 10.0. The minimum atomic E-state index is 0.244. The van der Waals surface area contributed by atoms with Gasteiger partial charge in [-0.05, 0) is 34.6 Å². The summed E-state index contributed by atoms with van der Waals surface area (Å²) in [5, 5.41) is 0. The van der Waals surface area contributed by atoms with Gasteiger partial charge in [0, 0.05) is 24.7 Å². The van der Waals surface area contributed by atoms with E-state index in [9.17, 15) is 0 Å². The maximum Gasteiger partial charge on any atom is 0.0128 e. The summed E-state index contributed by atoms with van der Waals surface area (Å²) in [7, 11) is 0. The van der Waals surface area contributed by atoms with Crippen LogP contribution in [0.1, 0.15) is 34.6 Å². The summed E-state index contributed by atoms with van der Waals surface area (Å²) in [6.45, 7) is 12.8. The van der Waals surface area contributed by atoms with E-state index in [2.05, 4.69) is 39.5 Å². The van der Waals surface area contributed by atoms with E-state index >= 15 is 0 Å². The van der Waals surface area contributed by atoms with Gasteiger partial charge in [0.25, 0.3) is 0 Å². The average molecular weight is 158 g/mol. The largest absolute Gasteiger partial charge is 0.329 e. The van der Waals surface area contributed by atoms with E-state index < -0.39 is 0 Å². The first-order valence-corrected chi connectivity index (χ1v) is 4.36. The summed E-state index contributed by atoms with van der Waals surface area (Å²) in [5.74, 6) is 0. The first-order chi connectivity index (χ1) is 4.89. The van der Waals surface area contributed by atoms with Crippen molar-refractivity contribution in [1.29, 1.82) is 0 Å². The third kappa shape index (κ3) is 3.73. The van der Waals surface area contributed by atoms with E-state index in [1.165, 1.54) is 0 Å². The lowest BCUT2D eigenvalue weighted by Gasteiger charge is -2.38. The number of rotatable bonds is 3. The van der Waals surface area contributed by atoms with Gasteiger partial charge in [0.15, 0.2) is 0 Å². The molecule has 0 aliphatic carbocycles. The second-order valence-electron chi connectivity index (χ2n) is 4.25. The van der Waals surface area contributed by atoms with Gasteiger partial charge in [-0.2, -0.15) is 0 Å². The van der Waals surface area contributed by atoms with Crippen LogP contribution in [-0.2, 0) is 0 Å². The standard InChI is InChI=1S/C9H22N2/c1-8(2)11(7-6-10)9(3,4)5/h8H,6-7,10H2,1-5H3. The van der Waals surface area contributed by atoms with E-state index in [4.69, 9.17) is 5.73 Å². The Morgan fingerprint density at radius 2 is 1.73 bits per heavy atom. The van der Waals surface area contributed by atoms with E-state index in [1.54, 1.807) is 0 Å². The molecular weight excluding hydrogens is 136 g/mol. The number of hydrogen-bond acceptors (Lipinski definition) is 2. The van der Waals surface area contributed by atoms with Crippen LogP contribution in [0, 0.1) is 0 Å². The highest BCUT2D eigenvalue weighted by atomic mass is 15.2. The molecule has 0 saturated heterocycles. The summed E-state index contributed by atoms with van der Waals surface area (Å²) in [4.78, 5) is 2.41. The molecule has 0 aliphatic rings. The Bertz CT molecular complexity index is 103. The Balaban J connectivity index is 4.10. The lowest BCUT2D eigenvalue weighted by molar-refractivity contribution is 0.103. The molecule has 0 unspecified atom stereocenters. The molecule has 0 radical (unpaired) electrons. The van der Waals surface area contributed by atoms with Crippen molar-refractivity contribution < 1.29 is 0 Å². The highest BCUT2D eigenvalue weighted by molar-refractivity contribution is 4.78. The Morgan fingerprint density at radius 1 is 1.27 bits per heavy atom. The van der Waals surface area contributed by atoms with Crippen molar-refractivity contribution in [3.63, 3.8) is 0 Å². The quantitative estimate of drug-likeness (QED) is 0.673. The van der Waals surface area contributed by atoms with E-state index in [1.807, 2.05) is 0 Å². The fourth-order valence-electron chi connectivity index (χ4n) is 1.51. The van der Waals surface area contributed by atoms with Gasteiger partial charge in [0.05, 0.1) is 0 Å². The summed E-state index contributed by atoms with van der Waals surface area (Å²) in [6, 6.07) is 0.582. The van der Waals surface area contributed by atoms with Crippen LogP contribution in [0.2, 0.25) is 0 Å². The van der Waals surface area contributed by atoms with Crippen molar-refractivity contribution in [3.8, 4) is 0 Å². The SMILES string of the molecule is CC(C)N(CCN)C(C)(C)C. The van der Waals surface area contributed by atoms with Crippen molar-refractivity contribution in [1.82, 2.24) is 4.90 Å². The highest BCUT2D eigenvalue weighted by Crippen LogP contribution is 2.15. The van der Waals surface area contributed by atoms with E-state index in [-0.39, 0.29) is 5.54 Å². The van der Waals surface area contributed by atoms with Crippen LogP contribution in [0.4, 0.5) is 0 Å². The third-order valence-electron chi connectivity index (χ3n) is 1.85. The topological polar surface area (TPSA) is 29.3 Å². The number of hydrogen-bond donors (Lipinski definition) is 1. The second-order valence-corrected chi connectivity index (χ2v) is 4.25. The van der Waals surface area contributed by atoms with Crippen molar-refractivity contribution in [3.05, 3.63) is 0 Å². The Kier molecular flexibility index (Phi) is 4.04. The van der Waals surface area contributed by atoms with E-state index in [0.717, 1.165) is 13.1 Å². The summed E-state index contributed by atoms with van der Waals surface area (Å²) >= 11 is 0. The van der Waals surface area contributed by atoms with Crippen LogP contribution >= 0.6 is 0 Å². The summed E-state index contributed by atoms with van der Waals surface area (Å²) in [6.07, 6.45) is 0. The van der Waals surface area contributed by atoms with Gasteiger partial charge in [-0.1, -0.05) is 0 Å². The van der Waals surface area contributed by atoms with Crippen LogP contribution in [0.15, 0.2) is 0 Å². The van der Waals surface area contributed by atoms with Crippen molar-refractivity contribution in [2.75, 3.05) is 13.1 Å². The molecule has 0 spiro atoms. The first kappa shape index (κ1) is 10.9. The molecule has 2 N–H and O–H groups in total. The molecule has 0 saturated carbocycles. The van der Waals surface area contributed by atoms with Crippen LogP contribution in [0.3, 0.4) is 0 Å². The summed E-state index contributed by atoms with van der Waals surface area (Å²) in [5.41, 5.74) is 5.77. The minimum Gasteiger partial charge on any atom is -0.329 e. The molecule has 68 valence electrons. The predicted octanol–water partition coefficient (Wildman–Crippen LogP) is 1.45. The zero-order valence-electron chi connectivity index (χ0n) is 8.52. The molecule has 0 bridgehead atoms. The average Bonchev–Trinajstić information content (AvgIpc) is 1.79. The van der Waals surface area contributed by atoms with Crippen LogP contribution in [-0.4, -0.2) is 29.6 Å². The van der Waals surface area contributed by atoms with Gasteiger partial charge in [0.1, 0.15) is 0 Å². The zero-order chi connectivity index (χ0) is 9.07. The maximum absolute atomic E-state index is 5.52. The molecule has 0 aliphatic heterocycles. The highest BCUT2D eigenvalue weighted by Gasteiger charge is 2.22. The molecule has 0 fully saturated rings. The third-order valence-corrected chi connectivity index (χ3v) is 1.85. The van der Waals surface area contributed by atoms with Crippen LogP contribution in [0.25, 0.3) is 0 Å². The van der Waals surface area contributed by atoms with Gasteiger partial charge in [0.2, 0.25) is 0 Å². The summed E-state index contributed by atoms with van der Waals surface area (Å²) < 4.78 is 0. The van der Waals surface area contributed by atoms with Crippen LogP contribution < -0.4 is 5.73 Å². The maximum atomic E-state index is 5.52. The molecule has 0 aromatic heterocycles. The van der Waals surface area contributed by atoms with Gasteiger partial charge in [-0.3, -0.25) is 4.90 Å². The van der Waals surface area contributed by atoms with Gasteiger partial charge < -0.3 is 5.73 Å². The van der Waals surface area contributed by atoms with E-state index in [0.29, 0.717) is 6.04 Å². The van der Waals surface area contributed by atoms with Crippen molar-refractivity contribution in [2.24, 2.45) is 5.73 Å². The second kappa shape index (κ2) is 4.07. The molecule has 0 aromatic rings. The monoisotopic (exact) mass is 158 g/mol. The molecule has 0 rings (SSSR count).